The second-order valence-electron chi connectivity index (χ2n) is 6.71. The average Bonchev–Trinajstić information content (AvgIpc) is 3.02. The van der Waals surface area contributed by atoms with Crippen LogP contribution in [-0.4, -0.2) is 23.5 Å². The summed E-state index contributed by atoms with van der Waals surface area (Å²) < 4.78 is 25.1. The van der Waals surface area contributed by atoms with E-state index < -0.39 is 5.82 Å². The SMILES string of the molecule is COc1ccc(-c2nc(CN3CCc4c(Cl)cccc4C3)c(C)o2)c(F)c1. The summed E-state index contributed by atoms with van der Waals surface area (Å²) in [7, 11) is 1.51. The standard InChI is InChI=1S/C21H20ClFN2O2/c1-13-20(12-25-9-8-16-14(11-25)4-3-5-18(16)22)24-21(27-13)17-7-6-15(26-2)10-19(17)23/h3-7,10H,8-9,11-12H2,1-2H3. The van der Waals surface area contributed by atoms with E-state index in [1.165, 1.54) is 24.3 Å². The summed E-state index contributed by atoms with van der Waals surface area (Å²) in [5.41, 5.74) is 3.64. The monoisotopic (exact) mass is 386 g/mol. The minimum Gasteiger partial charge on any atom is -0.497 e. The zero-order valence-electron chi connectivity index (χ0n) is 15.3. The van der Waals surface area contributed by atoms with Gasteiger partial charge >= 0.3 is 0 Å². The van der Waals surface area contributed by atoms with Crippen LogP contribution in [0.1, 0.15) is 22.6 Å². The zero-order chi connectivity index (χ0) is 19.0. The van der Waals surface area contributed by atoms with Gasteiger partial charge in [0.05, 0.1) is 18.4 Å². The lowest BCUT2D eigenvalue weighted by Crippen LogP contribution is -2.30. The number of oxazole rings is 1. The molecule has 1 aliphatic heterocycles. The van der Waals surface area contributed by atoms with Crippen molar-refractivity contribution >= 4 is 11.6 Å². The molecule has 0 saturated heterocycles. The van der Waals surface area contributed by atoms with E-state index in [0.717, 1.165) is 30.2 Å². The molecular weight excluding hydrogens is 367 g/mol. The van der Waals surface area contributed by atoms with Crippen LogP contribution in [0.5, 0.6) is 5.75 Å². The van der Waals surface area contributed by atoms with E-state index in [1.54, 1.807) is 12.1 Å². The number of nitrogens with zero attached hydrogens (tertiary/aromatic N) is 2. The van der Waals surface area contributed by atoms with Crippen molar-refractivity contribution in [1.29, 1.82) is 0 Å². The molecule has 0 aliphatic carbocycles. The van der Waals surface area contributed by atoms with Gasteiger partial charge in [0.15, 0.2) is 0 Å². The van der Waals surface area contributed by atoms with Crippen LogP contribution in [0.2, 0.25) is 5.02 Å². The molecule has 0 bridgehead atoms. The Hall–Kier alpha value is -2.37. The van der Waals surface area contributed by atoms with Crippen LogP contribution in [0, 0.1) is 12.7 Å². The molecule has 0 saturated carbocycles. The summed E-state index contributed by atoms with van der Waals surface area (Å²) in [6.07, 6.45) is 0.909. The molecule has 140 valence electrons. The van der Waals surface area contributed by atoms with Crippen molar-refractivity contribution in [3.8, 4) is 17.2 Å². The summed E-state index contributed by atoms with van der Waals surface area (Å²) in [5.74, 6) is 1.05. The third-order valence-corrected chi connectivity index (χ3v) is 5.31. The molecule has 2 aromatic carbocycles. The van der Waals surface area contributed by atoms with Gasteiger partial charge < -0.3 is 9.15 Å². The summed E-state index contributed by atoms with van der Waals surface area (Å²) in [4.78, 5) is 6.85. The molecule has 0 radical (unpaired) electrons. The molecule has 0 N–H and O–H groups in total. The summed E-state index contributed by atoms with van der Waals surface area (Å²) in [6.45, 7) is 4.23. The number of hydrogen-bond acceptors (Lipinski definition) is 4. The molecule has 0 amide bonds. The van der Waals surface area contributed by atoms with Crippen LogP contribution >= 0.6 is 11.6 Å². The van der Waals surface area contributed by atoms with Gasteiger partial charge in [0.1, 0.15) is 17.3 Å². The number of halogens is 2. The van der Waals surface area contributed by atoms with Gasteiger partial charge in [-0.05, 0) is 42.7 Å². The van der Waals surface area contributed by atoms with Gasteiger partial charge in [-0.25, -0.2) is 9.37 Å². The average molecular weight is 387 g/mol. The number of aryl methyl sites for hydroxylation is 1. The van der Waals surface area contributed by atoms with Crippen LogP contribution in [0.15, 0.2) is 40.8 Å². The first kappa shape index (κ1) is 18.0. The van der Waals surface area contributed by atoms with Gasteiger partial charge in [0.2, 0.25) is 5.89 Å². The van der Waals surface area contributed by atoms with Crippen molar-refractivity contribution in [1.82, 2.24) is 9.88 Å². The minimum atomic E-state index is -0.413. The molecule has 4 rings (SSSR count). The molecule has 0 spiro atoms. The van der Waals surface area contributed by atoms with Crippen molar-refractivity contribution in [3.05, 3.63) is 69.8 Å². The van der Waals surface area contributed by atoms with Crippen LogP contribution in [0.25, 0.3) is 11.5 Å². The van der Waals surface area contributed by atoms with Gasteiger partial charge in [-0.15, -0.1) is 0 Å². The minimum absolute atomic E-state index is 0.295. The highest BCUT2D eigenvalue weighted by molar-refractivity contribution is 6.31. The highest BCUT2D eigenvalue weighted by Crippen LogP contribution is 2.30. The second kappa shape index (κ2) is 7.33. The van der Waals surface area contributed by atoms with E-state index in [2.05, 4.69) is 16.0 Å². The van der Waals surface area contributed by atoms with Crippen molar-refractivity contribution in [2.24, 2.45) is 0 Å². The Bertz CT molecular complexity index is 986. The van der Waals surface area contributed by atoms with Gasteiger partial charge in [-0.2, -0.15) is 0 Å². The first-order valence-corrected chi connectivity index (χ1v) is 9.22. The quantitative estimate of drug-likeness (QED) is 0.631. The van der Waals surface area contributed by atoms with Crippen LogP contribution in [0.3, 0.4) is 0 Å². The first-order chi connectivity index (χ1) is 13.0. The number of ether oxygens (including phenoxy) is 1. The Morgan fingerprint density at radius 1 is 1.30 bits per heavy atom. The fraction of sp³-hybridized carbons (Fsp3) is 0.286. The van der Waals surface area contributed by atoms with Gasteiger partial charge in [0.25, 0.3) is 0 Å². The number of fused-ring (bicyclic) bond motifs is 1. The Labute approximate surface area is 162 Å². The largest absolute Gasteiger partial charge is 0.497 e. The maximum Gasteiger partial charge on any atom is 0.229 e. The highest BCUT2D eigenvalue weighted by atomic mass is 35.5. The summed E-state index contributed by atoms with van der Waals surface area (Å²) >= 11 is 6.29. The highest BCUT2D eigenvalue weighted by Gasteiger charge is 2.21. The van der Waals surface area contributed by atoms with Gasteiger partial charge in [-0.1, -0.05) is 23.7 Å². The van der Waals surface area contributed by atoms with Crippen molar-refractivity contribution in [2.45, 2.75) is 26.4 Å². The molecule has 6 heteroatoms. The van der Waals surface area contributed by atoms with Crippen LogP contribution in [0.4, 0.5) is 4.39 Å². The Morgan fingerprint density at radius 2 is 2.15 bits per heavy atom. The predicted octanol–water partition coefficient (Wildman–Crippen LogP) is 5.01. The van der Waals surface area contributed by atoms with Crippen LogP contribution < -0.4 is 4.74 Å². The number of rotatable bonds is 4. The number of hydrogen-bond donors (Lipinski definition) is 0. The molecule has 3 aromatic rings. The Kier molecular flexibility index (Phi) is 4.89. The van der Waals surface area contributed by atoms with Crippen LogP contribution in [-0.2, 0) is 19.5 Å². The molecule has 0 atom stereocenters. The fourth-order valence-electron chi connectivity index (χ4n) is 3.45. The summed E-state index contributed by atoms with van der Waals surface area (Å²) in [6, 6.07) is 10.7. The molecule has 0 unspecified atom stereocenters. The normalized spacial score (nSPS) is 14.2. The topological polar surface area (TPSA) is 38.5 Å². The van der Waals surface area contributed by atoms with E-state index in [4.69, 9.17) is 20.8 Å². The molecule has 27 heavy (non-hydrogen) atoms. The molecule has 4 nitrogen and oxygen atoms in total. The van der Waals surface area contributed by atoms with E-state index >= 15 is 0 Å². The molecule has 1 aromatic heterocycles. The number of methoxy groups -OCH3 is 1. The predicted molar refractivity (Wildman–Crippen MR) is 102 cm³/mol. The lowest BCUT2D eigenvalue weighted by molar-refractivity contribution is 0.242. The molecule has 0 fully saturated rings. The third-order valence-electron chi connectivity index (χ3n) is 4.96. The molecule has 2 heterocycles. The van der Waals surface area contributed by atoms with Gasteiger partial charge in [-0.3, -0.25) is 4.90 Å². The number of benzene rings is 2. The fourth-order valence-corrected chi connectivity index (χ4v) is 3.74. The maximum absolute atomic E-state index is 14.3. The smallest absolute Gasteiger partial charge is 0.229 e. The van der Waals surface area contributed by atoms with E-state index in [0.29, 0.717) is 29.5 Å². The zero-order valence-corrected chi connectivity index (χ0v) is 16.0. The van der Waals surface area contributed by atoms with Gasteiger partial charge in [0, 0.05) is 30.7 Å². The summed E-state index contributed by atoms with van der Waals surface area (Å²) in [5, 5.41) is 0.835. The Balaban J connectivity index is 1.54. The number of aromatic nitrogens is 1. The lowest BCUT2D eigenvalue weighted by Gasteiger charge is -2.28. The van der Waals surface area contributed by atoms with Crippen molar-refractivity contribution in [3.63, 3.8) is 0 Å². The molecular formula is C21H20ClFN2O2. The van der Waals surface area contributed by atoms with Crippen molar-refractivity contribution in [2.75, 3.05) is 13.7 Å². The van der Waals surface area contributed by atoms with E-state index in [1.807, 2.05) is 19.1 Å². The first-order valence-electron chi connectivity index (χ1n) is 8.84. The van der Waals surface area contributed by atoms with Crippen molar-refractivity contribution < 1.29 is 13.5 Å². The Morgan fingerprint density at radius 3 is 2.93 bits per heavy atom. The second-order valence-corrected chi connectivity index (χ2v) is 7.11. The van der Waals surface area contributed by atoms with E-state index in [-0.39, 0.29) is 0 Å². The third kappa shape index (κ3) is 3.57. The molecule has 1 aliphatic rings. The lowest BCUT2D eigenvalue weighted by atomic mass is 9.99. The maximum atomic E-state index is 14.3. The van der Waals surface area contributed by atoms with E-state index in [9.17, 15) is 4.39 Å².